The van der Waals surface area contributed by atoms with Crippen LogP contribution in [0.1, 0.15) is 40.9 Å². The Kier molecular flexibility index (Phi) is 6.54. The van der Waals surface area contributed by atoms with Gasteiger partial charge in [0.15, 0.2) is 11.5 Å². The van der Waals surface area contributed by atoms with Gasteiger partial charge >= 0.3 is 6.61 Å². The molecule has 2 aromatic rings. The zero-order valence-electron chi connectivity index (χ0n) is 17.0. The molecule has 2 aromatic carbocycles. The molecule has 0 aliphatic carbocycles. The average molecular weight is 417 g/mol. The predicted molar refractivity (Wildman–Crippen MR) is 105 cm³/mol. The molecule has 0 fully saturated rings. The van der Waals surface area contributed by atoms with E-state index in [4.69, 9.17) is 4.74 Å². The van der Waals surface area contributed by atoms with Crippen molar-refractivity contribution in [1.82, 2.24) is 9.80 Å². The van der Waals surface area contributed by atoms with E-state index in [2.05, 4.69) is 10.8 Å². The van der Waals surface area contributed by atoms with Gasteiger partial charge in [0, 0.05) is 20.6 Å². The van der Waals surface area contributed by atoms with Gasteiger partial charge in [-0.3, -0.25) is 9.59 Å². The number of fused-ring (bicyclic) bond motifs is 1. The van der Waals surface area contributed by atoms with Crippen LogP contribution in [-0.4, -0.2) is 48.9 Å². The highest BCUT2D eigenvalue weighted by molar-refractivity contribution is 5.98. The Labute approximate surface area is 174 Å². The van der Waals surface area contributed by atoms with Crippen LogP contribution in [0.4, 0.5) is 8.78 Å². The van der Waals surface area contributed by atoms with Crippen LogP contribution < -0.4 is 9.47 Å². The normalized spacial score (nSPS) is 13.9. The second-order valence-corrected chi connectivity index (χ2v) is 7.03. The lowest BCUT2D eigenvalue weighted by Crippen LogP contribution is -2.34. The number of rotatable bonds is 8. The smallest absolute Gasteiger partial charge is 0.387 e. The fourth-order valence-corrected chi connectivity index (χ4v) is 3.40. The molecule has 159 valence electrons. The van der Waals surface area contributed by atoms with E-state index in [-0.39, 0.29) is 36.3 Å². The molecule has 0 N–H and O–H groups in total. The minimum atomic E-state index is -2.99. The molecule has 0 saturated heterocycles. The van der Waals surface area contributed by atoms with E-state index in [9.17, 15) is 18.4 Å². The molecule has 1 aliphatic rings. The van der Waals surface area contributed by atoms with Crippen LogP contribution in [0.2, 0.25) is 0 Å². The van der Waals surface area contributed by atoms with Gasteiger partial charge in [0.1, 0.15) is 0 Å². The first-order chi connectivity index (χ1) is 14.3. The molecular weight excluding hydrogens is 394 g/mol. The molecule has 1 radical (unpaired) electrons. The van der Waals surface area contributed by atoms with Crippen LogP contribution in [0, 0.1) is 6.07 Å². The minimum Gasteiger partial charge on any atom is -0.490 e. The molecule has 0 bridgehead atoms. The van der Waals surface area contributed by atoms with Crippen LogP contribution in [0.25, 0.3) is 0 Å². The summed E-state index contributed by atoms with van der Waals surface area (Å²) >= 11 is 0. The Morgan fingerprint density at radius 2 is 2.03 bits per heavy atom. The molecule has 0 saturated carbocycles. The fraction of sp³-hybridized carbons (Fsp3) is 0.364. The van der Waals surface area contributed by atoms with Crippen LogP contribution >= 0.6 is 0 Å². The summed E-state index contributed by atoms with van der Waals surface area (Å²) in [4.78, 5) is 28.6. The molecule has 1 unspecified atom stereocenters. The van der Waals surface area contributed by atoms with E-state index < -0.39 is 12.7 Å². The van der Waals surface area contributed by atoms with E-state index in [0.717, 1.165) is 5.56 Å². The van der Waals surface area contributed by atoms with Gasteiger partial charge in [-0.05, 0) is 36.2 Å². The number of ether oxygens (including phenoxy) is 2. The quantitative estimate of drug-likeness (QED) is 0.658. The Morgan fingerprint density at radius 3 is 2.67 bits per heavy atom. The van der Waals surface area contributed by atoms with Crippen molar-refractivity contribution in [1.29, 1.82) is 0 Å². The molecule has 2 amide bonds. The van der Waals surface area contributed by atoms with Crippen molar-refractivity contribution in [3.05, 3.63) is 59.2 Å². The second-order valence-electron chi connectivity index (χ2n) is 7.03. The van der Waals surface area contributed by atoms with Gasteiger partial charge in [0.05, 0.1) is 24.6 Å². The fourth-order valence-electron chi connectivity index (χ4n) is 3.40. The van der Waals surface area contributed by atoms with Crippen molar-refractivity contribution in [2.45, 2.75) is 32.5 Å². The van der Waals surface area contributed by atoms with E-state index in [1.807, 2.05) is 6.07 Å². The van der Waals surface area contributed by atoms with Gasteiger partial charge in [0.2, 0.25) is 5.91 Å². The maximum absolute atomic E-state index is 13.0. The molecule has 0 aromatic heterocycles. The number of amides is 2. The second kappa shape index (κ2) is 9.11. The number of hydrogen-bond acceptors (Lipinski definition) is 4. The van der Waals surface area contributed by atoms with Crippen molar-refractivity contribution in [3.63, 3.8) is 0 Å². The lowest BCUT2D eigenvalue weighted by atomic mass is 10.0. The highest BCUT2D eigenvalue weighted by Crippen LogP contribution is 2.38. The van der Waals surface area contributed by atoms with Gasteiger partial charge in [-0.15, -0.1) is 0 Å². The van der Waals surface area contributed by atoms with Crippen molar-refractivity contribution < 1.29 is 27.8 Å². The summed E-state index contributed by atoms with van der Waals surface area (Å²) < 4.78 is 35.4. The third kappa shape index (κ3) is 4.53. The van der Waals surface area contributed by atoms with Crippen molar-refractivity contribution in [3.8, 4) is 11.5 Å². The monoisotopic (exact) mass is 417 g/mol. The Morgan fingerprint density at radius 1 is 1.27 bits per heavy atom. The SMILES string of the molecule is CCOc1cc(C(CC(=O)N(C)C)N2Cc3ccc[c]c3C2=O)ccc1OC(F)F. The predicted octanol–water partition coefficient (Wildman–Crippen LogP) is 3.66. The number of nitrogens with zero attached hydrogens (tertiary/aromatic N) is 2. The molecule has 30 heavy (non-hydrogen) atoms. The third-order valence-corrected chi connectivity index (χ3v) is 4.87. The van der Waals surface area contributed by atoms with Crippen molar-refractivity contribution in [2.75, 3.05) is 20.7 Å². The van der Waals surface area contributed by atoms with Crippen LogP contribution in [-0.2, 0) is 11.3 Å². The van der Waals surface area contributed by atoms with Gasteiger partial charge in [-0.2, -0.15) is 8.78 Å². The molecular formula is C22H23F2N2O4. The maximum atomic E-state index is 13.0. The molecule has 1 atom stereocenters. The van der Waals surface area contributed by atoms with Gasteiger partial charge in [0.25, 0.3) is 5.91 Å². The topological polar surface area (TPSA) is 59.1 Å². The molecule has 8 heteroatoms. The number of benzene rings is 2. The first kappa shape index (κ1) is 21.5. The maximum Gasteiger partial charge on any atom is 0.387 e. The highest BCUT2D eigenvalue weighted by atomic mass is 19.3. The summed E-state index contributed by atoms with van der Waals surface area (Å²) in [7, 11) is 3.28. The van der Waals surface area contributed by atoms with Crippen molar-refractivity contribution in [2.24, 2.45) is 0 Å². The first-order valence-electron chi connectivity index (χ1n) is 9.54. The Hall–Kier alpha value is -3.16. The third-order valence-electron chi connectivity index (χ3n) is 4.87. The summed E-state index contributed by atoms with van der Waals surface area (Å²) in [6.07, 6.45) is 0.0351. The van der Waals surface area contributed by atoms with E-state index >= 15 is 0 Å². The first-order valence-corrected chi connectivity index (χ1v) is 9.54. The highest BCUT2D eigenvalue weighted by Gasteiger charge is 2.35. The summed E-state index contributed by atoms with van der Waals surface area (Å²) in [5.74, 6) is -0.363. The molecule has 1 aliphatic heterocycles. The van der Waals surface area contributed by atoms with Crippen molar-refractivity contribution >= 4 is 11.8 Å². The zero-order chi connectivity index (χ0) is 21.8. The summed E-state index contributed by atoms with van der Waals surface area (Å²) in [6, 6.07) is 12.2. The van der Waals surface area contributed by atoms with Crippen LogP contribution in [0.5, 0.6) is 11.5 Å². The summed E-state index contributed by atoms with van der Waals surface area (Å²) in [5.41, 5.74) is 1.89. The zero-order valence-corrected chi connectivity index (χ0v) is 17.0. The minimum absolute atomic E-state index is 0.0351. The van der Waals surface area contributed by atoms with E-state index in [1.54, 1.807) is 50.2 Å². The van der Waals surface area contributed by atoms with Gasteiger partial charge in [-0.1, -0.05) is 24.3 Å². The molecule has 0 spiro atoms. The average Bonchev–Trinajstić information content (AvgIpc) is 3.04. The van der Waals surface area contributed by atoms with E-state index in [0.29, 0.717) is 17.7 Å². The molecule has 1 heterocycles. The summed E-state index contributed by atoms with van der Waals surface area (Å²) in [6.45, 7) is -0.697. The lowest BCUT2D eigenvalue weighted by molar-refractivity contribution is -0.129. The summed E-state index contributed by atoms with van der Waals surface area (Å²) in [5, 5.41) is 0. The Balaban J connectivity index is 2.00. The number of alkyl halides is 2. The van der Waals surface area contributed by atoms with Gasteiger partial charge < -0.3 is 19.3 Å². The number of carbonyl (C=O) groups is 2. The molecule has 3 rings (SSSR count). The lowest BCUT2D eigenvalue weighted by Gasteiger charge is -2.29. The van der Waals surface area contributed by atoms with Crippen LogP contribution in [0.15, 0.2) is 36.4 Å². The van der Waals surface area contributed by atoms with Crippen LogP contribution in [0.3, 0.4) is 0 Å². The number of carbonyl (C=O) groups excluding carboxylic acids is 2. The van der Waals surface area contributed by atoms with E-state index in [1.165, 1.54) is 11.0 Å². The standard InChI is InChI=1S/C22H23F2N2O4/c1-4-29-19-11-14(9-10-18(19)30-22(23)24)17(12-20(27)25(2)3)26-13-15-7-5-6-8-16(15)21(26)28/h5-7,9-11,17,22H,4,12-13H2,1-3H3. The number of halogens is 2. The Bertz CT molecular complexity index is 933. The van der Waals surface area contributed by atoms with Gasteiger partial charge in [-0.25, -0.2) is 0 Å². The largest absolute Gasteiger partial charge is 0.490 e. The molecule has 6 nitrogen and oxygen atoms in total. The number of hydrogen-bond donors (Lipinski definition) is 0.